The first kappa shape index (κ1) is 64.6. The molecule has 0 aliphatic carbocycles. The van der Waals surface area contributed by atoms with Gasteiger partial charge in [-0.25, -0.2) is 0 Å². The average Bonchev–Trinajstić information content (AvgIpc) is 3.34. The first-order valence-electron chi connectivity index (χ1n) is 28.6. The quantitative estimate of drug-likeness (QED) is 0.0262. The van der Waals surface area contributed by atoms with Crippen molar-refractivity contribution in [3.05, 3.63) is 85.1 Å². The third-order valence-corrected chi connectivity index (χ3v) is 12.1. The predicted molar refractivity (Wildman–Crippen MR) is 293 cm³/mol. The molecule has 0 saturated carbocycles. The van der Waals surface area contributed by atoms with E-state index in [2.05, 4.69) is 106 Å². The summed E-state index contributed by atoms with van der Waals surface area (Å²) in [5.41, 5.74) is 0. The third kappa shape index (κ3) is 53.5. The van der Waals surface area contributed by atoms with Gasteiger partial charge in [0.1, 0.15) is 13.2 Å². The molecule has 6 heteroatoms. The van der Waals surface area contributed by atoms with E-state index in [9.17, 15) is 14.4 Å². The molecule has 0 rings (SSSR count). The number of allylic oxidation sites excluding steroid dienone is 14. The van der Waals surface area contributed by atoms with Crippen molar-refractivity contribution in [2.45, 2.75) is 277 Å². The molecule has 0 fully saturated rings. The number of ether oxygens (including phenoxy) is 3. The molecular formula is C62H106O6. The molecule has 0 aromatic carbocycles. The minimum absolute atomic E-state index is 0.0852. The van der Waals surface area contributed by atoms with Gasteiger partial charge in [0.2, 0.25) is 0 Å². The second kappa shape index (κ2) is 56.2. The van der Waals surface area contributed by atoms with E-state index < -0.39 is 6.10 Å². The van der Waals surface area contributed by atoms with Crippen LogP contribution in [-0.2, 0) is 28.6 Å². The van der Waals surface area contributed by atoms with E-state index >= 15 is 0 Å². The van der Waals surface area contributed by atoms with E-state index in [0.29, 0.717) is 19.3 Å². The van der Waals surface area contributed by atoms with Gasteiger partial charge in [-0.1, -0.05) is 228 Å². The molecule has 1 unspecified atom stereocenters. The van der Waals surface area contributed by atoms with E-state index in [0.717, 1.165) is 116 Å². The zero-order valence-electron chi connectivity index (χ0n) is 44.6. The second-order valence-electron chi connectivity index (χ2n) is 18.8. The monoisotopic (exact) mass is 947 g/mol. The lowest BCUT2D eigenvalue weighted by Gasteiger charge is -2.18. The van der Waals surface area contributed by atoms with Crippen molar-refractivity contribution in [3.63, 3.8) is 0 Å². The van der Waals surface area contributed by atoms with Crippen LogP contribution in [0.2, 0.25) is 0 Å². The first-order valence-corrected chi connectivity index (χ1v) is 28.6. The fourth-order valence-corrected chi connectivity index (χ4v) is 7.80. The Morgan fingerprint density at radius 3 is 0.956 bits per heavy atom. The zero-order chi connectivity index (χ0) is 49.3. The summed E-state index contributed by atoms with van der Waals surface area (Å²) < 4.78 is 16.8. The van der Waals surface area contributed by atoms with Crippen molar-refractivity contribution in [2.24, 2.45) is 0 Å². The van der Waals surface area contributed by atoms with Gasteiger partial charge >= 0.3 is 17.9 Å². The number of carbonyl (C=O) groups excluding carboxylic acids is 3. The summed E-state index contributed by atoms with van der Waals surface area (Å²) in [4.78, 5) is 38.1. The van der Waals surface area contributed by atoms with Crippen LogP contribution in [0, 0.1) is 0 Å². The van der Waals surface area contributed by atoms with Crippen LogP contribution in [0.4, 0.5) is 0 Å². The molecule has 0 aliphatic rings. The van der Waals surface area contributed by atoms with Crippen LogP contribution in [0.15, 0.2) is 85.1 Å². The van der Waals surface area contributed by atoms with Crippen molar-refractivity contribution in [1.29, 1.82) is 0 Å². The highest BCUT2D eigenvalue weighted by atomic mass is 16.6. The summed E-state index contributed by atoms with van der Waals surface area (Å²) in [6.45, 7) is 6.47. The highest BCUT2D eigenvalue weighted by Crippen LogP contribution is 2.15. The number of hydrogen-bond donors (Lipinski definition) is 0. The molecular weight excluding hydrogens is 841 g/mol. The van der Waals surface area contributed by atoms with Crippen molar-refractivity contribution in [3.8, 4) is 0 Å². The molecule has 0 N–H and O–H groups in total. The van der Waals surface area contributed by atoms with Gasteiger partial charge in [-0.15, -0.1) is 0 Å². The van der Waals surface area contributed by atoms with Crippen LogP contribution in [0.3, 0.4) is 0 Å². The molecule has 0 aliphatic heterocycles. The Morgan fingerprint density at radius 2 is 0.588 bits per heavy atom. The highest BCUT2D eigenvalue weighted by Gasteiger charge is 2.19. The van der Waals surface area contributed by atoms with Gasteiger partial charge in [0.15, 0.2) is 6.10 Å². The Morgan fingerprint density at radius 1 is 0.309 bits per heavy atom. The summed E-state index contributed by atoms with van der Waals surface area (Å²) in [5.74, 6) is -0.906. The summed E-state index contributed by atoms with van der Waals surface area (Å²) >= 11 is 0. The molecule has 0 saturated heterocycles. The number of rotatable bonds is 51. The summed E-state index contributed by atoms with van der Waals surface area (Å²) in [6.07, 6.45) is 72.9. The van der Waals surface area contributed by atoms with Gasteiger partial charge in [0, 0.05) is 19.3 Å². The van der Waals surface area contributed by atoms with Crippen LogP contribution < -0.4 is 0 Å². The lowest BCUT2D eigenvalue weighted by atomic mass is 10.1. The molecule has 0 radical (unpaired) electrons. The minimum Gasteiger partial charge on any atom is -0.462 e. The van der Waals surface area contributed by atoms with Gasteiger partial charge in [0.25, 0.3) is 0 Å². The van der Waals surface area contributed by atoms with E-state index in [4.69, 9.17) is 14.2 Å². The first-order chi connectivity index (χ1) is 33.5. The van der Waals surface area contributed by atoms with E-state index in [1.54, 1.807) is 0 Å². The summed E-state index contributed by atoms with van der Waals surface area (Å²) in [7, 11) is 0. The number of hydrogen-bond acceptors (Lipinski definition) is 6. The Kier molecular flexibility index (Phi) is 53.4. The van der Waals surface area contributed by atoms with Crippen LogP contribution >= 0.6 is 0 Å². The van der Waals surface area contributed by atoms with Crippen LogP contribution in [0.25, 0.3) is 0 Å². The Labute approximate surface area is 420 Å². The molecule has 68 heavy (non-hydrogen) atoms. The zero-order valence-corrected chi connectivity index (χ0v) is 44.6. The molecule has 0 heterocycles. The van der Waals surface area contributed by atoms with Crippen molar-refractivity contribution >= 4 is 17.9 Å². The standard InChI is InChI=1S/C62H106O6/c1-4-7-10-13-16-19-22-24-26-27-28-29-30-31-32-33-34-35-36-38-40-43-46-49-52-55-61(64)67-58-59(57-66-60(63)54-51-48-45-42-39-21-18-15-12-9-6-3)68-62(65)56-53-50-47-44-41-37-25-23-20-17-14-11-8-5-2/h7,10,15-16,18-19,23-26,28-29,31-32,59H,4-6,8-9,11-14,17,20-22,27,30,33-58H2,1-3H3/b10-7-,18-15-,19-16-,25-23-,26-24-,29-28-,32-31-. The SMILES string of the molecule is CC/C=C\C/C=C\C/C=C\C/C=C\C/C=C\CCCCCCCCCCCC(=O)OCC(COC(=O)CCCCCCC/C=C\CCCC)OC(=O)CCCCCCC/C=C\CCCCCCC. The topological polar surface area (TPSA) is 78.9 Å². The maximum Gasteiger partial charge on any atom is 0.306 e. The van der Waals surface area contributed by atoms with E-state index in [1.807, 2.05) is 0 Å². The summed E-state index contributed by atoms with van der Waals surface area (Å²) in [5, 5.41) is 0. The van der Waals surface area contributed by atoms with Crippen molar-refractivity contribution in [2.75, 3.05) is 13.2 Å². The molecule has 1 atom stereocenters. The molecule has 0 aromatic rings. The van der Waals surface area contributed by atoms with Gasteiger partial charge in [0.05, 0.1) is 0 Å². The summed E-state index contributed by atoms with van der Waals surface area (Å²) in [6, 6.07) is 0. The number of esters is 3. The molecule has 0 aromatic heterocycles. The molecule has 0 spiro atoms. The van der Waals surface area contributed by atoms with E-state index in [1.165, 1.54) is 116 Å². The van der Waals surface area contributed by atoms with Crippen LogP contribution in [0.1, 0.15) is 271 Å². The van der Waals surface area contributed by atoms with Gasteiger partial charge in [-0.3, -0.25) is 14.4 Å². The van der Waals surface area contributed by atoms with Gasteiger partial charge < -0.3 is 14.2 Å². The Balaban J connectivity index is 4.29. The van der Waals surface area contributed by atoms with Gasteiger partial charge in [-0.05, 0) is 109 Å². The third-order valence-electron chi connectivity index (χ3n) is 12.1. The van der Waals surface area contributed by atoms with Crippen LogP contribution in [-0.4, -0.2) is 37.2 Å². The maximum atomic E-state index is 12.8. The smallest absolute Gasteiger partial charge is 0.306 e. The predicted octanol–water partition coefficient (Wildman–Crippen LogP) is 19.2. The van der Waals surface area contributed by atoms with Crippen LogP contribution in [0.5, 0.6) is 0 Å². The van der Waals surface area contributed by atoms with Crippen molar-refractivity contribution in [1.82, 2.24) is 0 Å². The highest BCUT2D eigenvalue weighted by molar-refractivity contribution is 5.71. The molecule has 0 amide bonds. The largest absolute Gasteiger partial charge is 0.462 e. The minimum atomic E-state index is -0.786. The second-order valence-corrected chi connectivity index (χ2v) is 18.8. The molecule has 390 valence electrons. The number of carbonyl (C=O) groups is 3. The van der Waals surface area contributed by atoms with E-state index in [-0.39, 0.29) is 31.1 Å². The lowest BCUT2D eigenvalue weighted by molar-refractivity contribution is -0.167. The fourth-order valence-electron chi connectivity index (χ4n) is 7.80. The Bertz CT molecular complexity index is 1320. The van der Waals surface area contributed by atoms with Crippen molar-refractivity contribution < 1.29 is 28.6 Å². The maximum absolute atomic E-state index is 12.8. The molecule has 6 nitrogen and oxygen atoms in total. The lowest BCUT2D eigenvalue weighted by Crippen LogP contribution is -2.30. The number of unbranched alkanes of at least 4 members (excludes halogenated alkanes) is 26. The fraction of sp³-hybridized carbons (Fsp3) is 0.726. The van der Waals surface area contributed by atoms with Gasteiger partial charge in [-0.2, -0.15) is 0 Å². The molecule has 0 bridgehead atoms. The average molecular weight is 948 g/mol. The normalized spacial score (nSPS) is 12.7. The Hall–Kier alpha value is -3.41.